The highest BCUT2D eigenvalue weighted by molar-refractivity contribution is 5.89. The van der Waals surface area contributed by atoms with E-state index in [2.05, 4.69) is 6.92 Å². The normalized spacial score (nSPS) is 9.80. The highest BCUT2D eigenvalue weighted by Crippen LogP contribution is 2.09. The highest BCUT2D eigenvalue weighted by Gasteiger charge is 2.07. The molecule has 0 atom stereocenters. The van der Waals surface area contributed by atoms with Crippen LogP contribution < -0.4 is 0 Å². The van der Waals surface area contributed by atoms with Crippen LogP contribution in [0.5, 0.6) is 0 Å². The number of ether oxygens (including phenoxy) is 1. The Morgan fingerprint density at radius 2 is 1.65 bits per heavy atom. The van der Waals surface area contributed by atoms with Crippen molar-refractivity contribution < 1.29 is 9.53 Å². The number of carbonyl (C=O) groups is 1. The molecule has 2 rings (SSSR count). The Kier molecular flexibility index (Phi) is 4.52. The van der Waals surface area contributed by atoms with Gasteiger partial charge in [0.15, 0.2) is 0 Å². The van der Waals surface area contributed by atoms with E-state index in [0.717, 1.165) is 12.0 Å². The zero-order valence-corrected chi connectivity index (χ0v) is 11.3. The van der Waals surface area contributed by atoms with Crippen molar-refractivity contribution >= 4 is 5.97 Å². The van der Waals surface area contributed by atoms with Crippen LogP contribution in [0.1, 0.15) is 34.0 Å². The molecule has 2 aromatic rings. The van der Waals surface area contributed by atoms with Crippen LogP contribution in [0.15, 0.2) is 48.5 Å². The Hall–Kier alpha value is -2.60. The molecule has 0 spiro atoms. The topological polar surface area (TPSA) is 50.1 Å². The molecule has 0 fully saturated rings. The second kappa shape index (κ2) is 6.53. The largest absolute Gasteiger partial charge is 0.457 e. The van der Waals surface area contributed by atoms with Gasteiger partial charge in [-0.3, -0.25) is 0 Å². The third-order valence-electron chi connectivity index (χ3n) is 3.05. The van der Waals surface area contributed by atoms with Crippen molar-refractivity contribution in [2.75, 3.05) is 0 Å². The molecule has 0 saturated heterocycles. The Balaban J connectivity index is 1.95. The fourth-order valence-corrected chi connectivity index (χ4v) is 1.78. The van der Waals surface area contributed by atoms with Crippen molar-refractivity contribution in [3.8, 4) is 6.07 Å². The monoisotopic (exact) mass is 265 g/mol. The molecule has 0 saturated carbocycles. The average Bonchev–Trinajstić information content (AvgIpc) is 2.53. The van der Waals surface area contributed by atoms with Crippen molar-refractivity contribution in [1.29, 1.82) is 5.26 Å². The molecule has 0 N–H and O–H groups in total. The summed E-state index contributed by atoms with van der Waals surface area (Å²) in [6.45, 7) is 2.28. The minimum Gasteiger partial charge on any atom is -0.457 e. The molecule has 0 amide bonds. The van der Waals surface area contributed by atoms with Crippen LogP contribution in [0.2, 0.25) is 0 Å². The third-order valence-corrected chi connectivity index (χ3v) is 3.05. The molecule has 100 valence electrons. The first-order chi connectivity index (χ1) is 9.72. The van der Waals surface area contributed by atoms with E-state index < -0.39 is 0 Å². The fourth-order valence-electron chi connectivity index (χ4n) is 1.78. The molecule has 3 nitrogen and oxygen atoms in total. The predicted octanol–water partition coefficient (Wildman–Crippen LogP) is 3.48. The summed E-state index contributed by atoms with van der Waals surface area (Å²) in [6.07, 6.45) is 0.945. The molecule has 20 heavy (non-hydrogen) atoms. The zero-order chi connectivity index (χ0) is 14.4. The van der Waals surface area contributed by atoms with E-state index in [-0.39, 0.29) is 12.6 Å². The van der Waals surface area contributed by atoms with E-state index in [0.29, 0.717) is 11.1 Å². The first-order valence-corrected chi connectivity index (χ1v) is 6.48. The van der Waals surface area contributed by atoms with Gasteiger partial charge >= 0.3 is 5.97 Å². The summed E-state index contributed by atoms with van der Waals surface area (Å²) >= 11 is 0. The van der Waals surface area contributed by atoms with Crippen LogP contribution in [0.3, 0.4) is 0 Å². The van der Waals surface area contributed by atoms with Crippen LogP contribution in [0.25, 0.3) is 0 Å². The van der Waals surface area contributed by atoms with Crippen LogP contribution >= 0.6 is 0 Å². The average molecular weight is 265 g/mol. The smallest absolute Gasteiger partial charge is 0.338 e. The summed E-state index contributed by atoms with van der Waals surface area (Å²) in [6, 6.07) is 16.4. The van der Waals surface area contributed by atoms with Crippen molar-refractivity contribution in [3.63, 3.8) is 0 Å². The van der Waals surface area contributed by atoms with Gasteiger partial charge in [-0.1, -0.05) is 31.2 Å². The van der Waals surface area contributed by atoms with Gasteiger partial charge < -0.3 is 4.74 Å². The standard InChI is InChI=1S/C17H15NO2/c1-2-13-7-9-16(10-8-13)17(19)20-12-15-5-3-14(11-18)4-6-15/h3-10H,2,12H2,1H3. The summed E-state index contributed by atoms with van der Waals surface area (Å²) in [5, 5.41) is 8.70. The molecule has 0 aliphatic heterocycles. The van der Waals surface area contributed by atoms with E-state index in [1.807, 2.05) is 18.2 Å². The Labute approximate surface area is 118 Å². The van der Waals surface area contributed by atoms with Crippen LogP contribution in [-0.2, 0) is 17.8 Å². The van der Waals surface area contributed by atoms with E-state index in [9.17, 15) is 4.79 Å². The van der Waals surface area contributed by atoms with E-state index in [1.165, 1.54) is 5.56 Å². The van der Waals surface area contributed by atoms with Gasteiger partial charge in [0.1, 0.15) is 6.61 Å². The molecule has 0 radical (unpaired) electrons. The van der Waals surface area contributed by atoms with Gasteiger partial charge in [-0.05, 0) is 41.8 Å². The Bertz CT molecular complexity index is 622. The SMILES string of the molecule is CCc1ccc(C(=O)OCc2ccc(C#N)cc2)cc1. The Morgan fingerprint density at radius 3 is 2.20 bits per heavy atom. The maximum Gasteiger partial charge on any atom is 0.338 e. The van der Waals surface area contributed by atoms with Crippen molar-refractivity contribution in [2.24, 2.45) is 0 Å². The Morgan fingerprint density at radius 1 is 1.05 bits per heavy atom. The molecule has 0 heterocycles. The van der Waals surface area contributed by atoms with Crippen molar-refractivity contribution in [2.45, 2.75) is 20.0 Å². The molecular formula is C17H15NO2. The van der Waals surface area contributed by atoms with Crippen LogP contribution in [0.4, 0.5) is 0 Å². The van der Waals surface area contributed by atoms with Gasteiger partial charge in [0, 0.05) is 0 Å². The fraction of sp³-hybridized carbons (Fsp3) is 0.176. The summed E-state index contributed by atoms with van der Waals surface area (Å²) in [7, 11) is 0. The molecular weight excluding hydrogens is 250 g/mol. The van der Waals surface area contributed by atoms with E-state index in [1.54, 1.807) is 36.4 Å². The van der Waals surface area contributed by atoms with Gasteiger partial charge in [-0.2, -0.15) is 5.26 Å². The first-order valence-electron chi connectivity index (χ1n) is 6.48. The van der Waals surface area contributed by atoms with Crippen LogP contribution in [-0.4, -0.2) is 5.97 Å². The number of esters is 1. The van der Waals surface area contributed by atoms with Crippen molar-refractivity contribution in [3.05, 3.63) is 70.8 Å². The number of nitrogens with zero attached hydrogens (tertiary/aromatic N) is 1. The molecule has 2 aromatic carbocycles. The summed E-state index contributed by atoms with van der Waals surface area (Å²) in [5.74, 6) is -0.336. The maximum absolute atomic E-state index is 11.9. The number of nitriles is 1. The molecule has 0 unspecified atom stereocenters. The van der Waals surface area contributed by atoms with Gasteiger partial charge in [0.2, 0.25) is 0 Å². The molecule has 3 heteroatoms. The zero-order valence-electron chi connectivity index (χ0n) is 11.3. The second-order valence-electron chi connectivity index (χ2n) is 4.44. The number of hydrogen-bond donors (Lipinski definition) is 0. The third kappa shape index (κ3) is 3.46. The van der Waals surface area contributed by atoms with Crippen LogP contribution in [0, 0.1) is 11.3 Å². The van der Waals surface area contributed by atoms with Gasteiger partial charge in [0.25, 0.3) is 0 Å². The maximum atomic E-state index is 11.9. The number of aryl methyl sites for hydroxylation is 1. The molecule has 0 aliphatic carbocycles. The summed E-state index contributed by atoms with van der Waals surface area (Å²) < 4.78 is 5.24. The van der Waals surface area contributed by atoms with Gasteiger partial charge in [-0.25, -0.2) is 4.79 Å². The minimum atomic E-state index is -0.336. The van der Waals surface area contributed by atoms with Gasteiger partial charge in [-0.15, -0.1) is 0 Å². The summed E-state index contributed by atoms with van der Waals surface area (Å²) in [4.78, 5) is 11.9. The number of hydrogen-bond acceptors (Lipinski definition) is 3. The molecule has 0 bridgehead atoms. The second-order valence-corrected chi connectivity index (χ2v) is 4.44. The highest BCUT2D eigenvalue weighted by atomic mass is 16.5. The molecule has 0 aromatic heterocycles. The quantitative estimate of drug-likeness (QED) is 0.795. The molecule has 0 aliphatic rings. The lowest BCUT2D eigenvalue weighted by atomic mass is 10.1. The lowest BCUT2D eigenvalue weighted by molar-refractivity contribution is 0.0472. The minimum absolute atomic E-state index is 0.208. The van der Waals surface area contributed by atoms with E-state index in [4.69, 9.17) is 10.00 Å². The number of rotatable bonds is 4. The summed E-state index contributed by atoms with van der Waals surface area (Å²) in [5.41, 5.74) is 3.20. The lowest BCUT2D eigenvalue weighted by Crippen LogP contribution is -2.05. The van der Waals surface area contributed by atoms with Crippen molar-refractivity contribution in [1.82, 2.24) is 0 Å². The first kappa shape index (κ1) is 13.8. The lowest BCUT2D eigenvalue weighted by Gasteiger charge is -2.05. The van der Waals surface area contributed by atoms with Gasteiger partial charge in [0.05, 0.1) is 17.2 Å². The number of benzene rings is 2. The predicted molar refractivity (Wildman–Crippen MR) is 76.1 cm³/mol. The van der Waals surface area contributed by atoms with E-state index >= 15 is 0 Å². The number of carbonyl (C=O) groups excluding carboxylic acids is 1.